The Hall–Kier alpha value is -3.22. The molecule has 8 heteroatoms. The van der Waals surface area contributed by atoms with Gasteiger partial charge in [0.05, 0.1) is 12.6 Å². The van der Waals surface area contributed by atoms with E-state index in [0.717, 1.165) is 22.2 Å². The number of amides is 1. The molecule has 0 aliphatic carbocycles. The van der Waals surface area contributed by atoms with E-state index in [0.29, 0.717) is 33.8 Å². The molecule has 0 fully saturated rings. The number of hydrogen-bond acceptors (Lipinski definition) is 4. The van der Waals surface area contributed by atoms with Gasteiger partial charge in [0.15, 0.2) is 5.82 Å². The van der Waals surface area contributed by atoms with Crippen LogP contribution in [0.25, 0.3) is 10.9 Å². The van der Waals surface area contributed by atoms with E-state index in [1.54, 1.807) is 25.3 Å². The number of carbonyl (C=O) groups is 1. The number of ether oxygens (including phenoxy) is 2. The molecule has 152 valence electrons. The van der Waals surface area contributed by atoms with Crippen molar-refractivity contribution >= 4 is 45.8 Å². The molecule has 30 heavy (non-hydrogen) atoms. The van der Waals surface area contributed by atoms with Crippen molar-refractivity contribution in [3.63, 3.8) is 0 Å². The third kappa shape index (κ3) is 4.50. The highest BCUT2D eigenvalue weighted by Gasteiger charge is 2.13. The Morgan fingerprint density at radius 2 is 1.83 bits per heavy atom. The van der Waals surface area contributed by atoms with E-state index >= 15 is 0 Å². The highest BCUT2D eigenvalue weighted by Crippen LogP contribution is 2.27. The number of nitrogens with one attached hydrogen (secondary N) is 2. The van der Waals surface area contributed by atoms with Crippen LogP contribution >= 0.6 is 23.2 Å². The van der Waals surface area contributed by atoms with Gasteiger partial charge in [-0.1, -0.05) is 35.3 Å². The van der Waals surface area contributed by atoms with Crippen molar-refractivity contribution in [2.75, 3.05) is 12.4 Å². The van der Waals surface area contributed by atoms with E-state index in [-0.39, 0.29) is 5.91 Å². The van der Waals surface area contributed by atoms with E-state index in [9.17, 15) is 4.79 Å². The van der Waals surface area contributed by atoms with Crippen molar-refractivity contribution in [3.05, 3.63) is 81.8 Å². The van der Waals surface area contributed by atoms with Gasteiger partial charge in [0.2, 0.25) is 0 Å². The molecule has 1 heterocycles. The second kappa shape index (κ2) is 8.65. The van der Waals surface area contributed by atoms with Gasteiger partial charge in [-0.15, -0.1) is 0 Å². The molecule has 0 saturated carbocycles. The molecule has 0 aliphatic rings. The molecular weight excluding hydrogens is 425 g/mol. The zero-order chi connectivity index (χ0) is 21.1. The van der Waals surface area contributed by atoms with Gasteiger partial charge in [-0.3, -0.25) is 9.89 Å². The molecule has 2 N–H and O–H groups in total. The highest BCUT2D eigenvalue weighted by atomic mass is 35.5. The fraction of sp³-hybridized carbons (Fsp3) is 0.0909. The SMILES string of the molecule is COc1cccc(COc2ccc3[nH]nc(NC(=O)c4cc(Cl)cc(Cl)c4)c3c2)c1. The summed E-state index contributed by atoms with van der Waals surface area (Å²) in [6.45, 7) is 0.378. The quantitative estimate of drug-likeness (QED) is 0.401. The number of methoxy groups -OCH3 is 1. The average molecular weight is 442 g/mol. The summed E-state index contributed by atoms with van der Waals surface area (Å²) < 4.78 is 11.1. The Labute approximate surface area is 182 Å². The predicted molar refractivity (Wildman–Crippen MR) is 118 cm³/mol. The molecule has 0 spiro atoms. The fourth-order valence-electron chi connectivity index (χ4n) is 2.97. The Bertz CT molecular complexity index is 1200. The molecular formula is C22H17Cl2N3O3. The van der Waals surface area contributed by atoms with E-state index < -0.39 is 0 Å². The van der Waals surface area contributed by atoms with Gasteiger partial charge in [-0.25, -0.2) is 0 Å². The topological polar surface area (TPSA) is 76.2 Å². The monoisotopic (exact) mass is 441 g/mol. The maximum Gasteiger partial charge on any atom is 0.256 e. The van der Waals surface area contributed by atoms with Crippen LogP contribution in [0.1, 0.15) is 15.9 Å². The predicted octanol–water partition coefficient (Wildman–Crippen LogP) is 5.71. The number of H-pyrrole nitrogens is 1. The average Bonchev–Trinajstić information content (AvgIpc) is 3.13. The lowest BCUT2D eigenvalue weighted by Crippen LogP contribution is -2.12. The lowest BCUT2D eigenvalue weighted by atomic mass is 10.2. The summed E-state index contributed by atoms with van der Waals surface area (Å²) in [7, 11) is 1.62. The van der Waals surface area contributed by atoms with Crippen LogP contribution < -0.4 is 14.8 Å². The summed E-state index contributed by atoms with van der Waals surface area (Å²) in [4.78, 5) is 12.6. The first-order valence-corrected chi connectivity index (χ1v) is 9.79. The number of fused-ring (bicyclic) bond motifs is 1. The highest BCUT2D eigenvalue weighted by molar-refractivity contribution is 6.35. The molecule has 0 unspecified atom stereocenters. The zero-order valence-electron chi connectivity index (χ0n) is 15.9. The van der Waals surface area contributed by atoms with E-state index in [4.69, 9.17) is 32.7 Å². The molecule has 0 saturated heterocycles. The lowest BCUT2D eigenvalue weighted by Gasteiger charge is -2.08. The van der Waals surface area contributed by atoms with E-state index in [2.05, 4.69) is 15.5 Å². The summed E-state index contributed by atoms with van der Waals surface area (Å²) in [6.07, 6.45) is 0. The molecule has 0 radical (unpaired) electrons. The molecule has 6 nitrogen and oxygen atoms in total. The largest absolute Gasteiger partial charge is 0.497 e. The number of nitrogens with zero attached hydrogens (tertiary/aromatic N) is 1. The number of anilines is 1. The summed E-state index contributed by atoms with van der Waals surface area (Å²) >= 11 is 12.0. The molecule has 0 atom stereocenters. The first-order valence-electron chi connectivity index (χ1n) is 9.03. The van der Waals surface area contributed by atoms with Crippen LogP contribution in [0.3, 0.4) is 0 Å². The first kappa shape index (κ1) is 20.1. The molecule has 1 aromatic heterocycles. The molecule has 0 bridgehead atoms. The molecule has 4 aromatic rings. The first-order chi connectivity index (χ1) is 14.5. The fourth-order valence-corrected chi connectivity index (χ4v) is 3.50. The van der Waals surface area contributed by atoms with Crippen molar-refractivity contribution in [1.82, 2.24) is 10.2 Å². The van der Waals surface area contributed by atoms with Crippen LogP contribution in [0.4, 0.5) is 5.82 Å². The van der Waals surface area contributed by atoms with Gasteiger partial charge in [0, 0.05) is 21.0 Å². The van der Waals surface area contributed by atoms with Crippen LogP contribution in [0.2, 0.25) is 10.0 Å². The third-order valence-corrected chi connectivity index (χ3v) is 4.87. The second-order valence-corrected chi connectivity index (χ2v) is 7.40. The minimum Gasteiger partial charge on any atom is -0.497 e. The lowest BCUT2D eigenvalue weighted by molar-refractivity contribution is 0.102. The number of benzene rings is 3. The maximum atomic E-state index is 12.6. The molecule has 1 amide bonds. The Kier molecular flexibility index (Phi) is 5.79. The molecule has 3 aromatic carbocycles. The minimum atomic E-state index is -0.365. The van der Waals surface area contributed by atoms with Crippen molar-refractivity contribution in [2.24, 2.45) is 0 Å². The number of carbonyl (C=O) groups excluding carboxylic acids is 1. The third-order valence-electron chi connectivity index (χ3n) is 4.43. The van der Waals surface area contributed by atoms with Gasteiger partial charge < -0.3 is 14.8 Å². The van der Waals surface area contributed by atoms with E-state index in [1.807, 2.05) is 42.5 Å². The van der Waals surface area contributed by atoms with Gasteiger partial charge in [0.25, 0.3) is 5.91 Å². The van der Waals surface area contributed by atoms with Gasteiger partial charge in [-0.05, 0) is 54.1 Å². The summed E-state index contributed by atoms with van der Waals surface area (Å²) in [5, 5.41) is 11.4. The Morgan fingerprint density at radius 1 is 1.03 bits per heavy atom. The van der Waals surface area contributed by atoms with Crippen molar-refractivity contribution < 1.29 is 14.3 Å². The smallest absolute Gasteiger partial charge is 0.256 e. The zero-order valence-corrected chi connectivity index (χ0v) is 17.4. The van der Waals surface area contributed by atoms with Crippen LogP contribution in [0.15, 0.2) is 60.7 Å². The van der Waals surface area contributed by atoms with Crippen molar-refractivity contribution in [2.45, 2.75) is 6.61 Å². The number of rotatable bonds is 6. The summed E-state index contributed by atoms with van der Waals surface area (Å²) in [5.41, 5.74) is 2.09. The number of aromatic nitrogens is 2. The van der Waals surface area contributed by atoms with Crippen LogP contribution in [-0.4, -0.2) is 23.2 Å². The minimum absolute atomic E-state index is 0.342. The Morgan fingerprint density at radius 3 is 2.60 bits per heavy atom. The van der Waals surface area contributed by atoms with Gasteiger partial charge >= 0.3 is 0 Å². The van der Waals surface area contributed by atoms with Crippen LogP contribution in [0, 0.1) is 0 Å². The Balaban J connectivity index is 1.53. The number of halogens is 2. The normalized spacial score (nSPS) is 10.8. The molecule has 0 aliphatic heterocycles. The van der Waals surface area contributed by atoms with Gasteiger partial charge in [0.1, 0.15) is 18.1 Å². The number of hydrogen-bond donors (Lipinski definition) is 2. The number of aromatic amines is 1. The van der Waals surface area contributed by atoms with Crippen molar-refractivity contribution in [3.8, 4) is 11.5 Å². The molecule has 4 rings (SSSR count). The second-order valence-electron chi connectivity index (χ2n) is 6.53. The van der Waals surface area contributed by atoms with Gasteiger partial charge in [-0.2, -0.15) is 5.10 Å². The standard InChI is InChI=1S/C22H17Cl2N3O3/c1-29-17-4-2-3-13(7-17)12-30-18-5-6-20-19(11-18)21(27-26-20)25-22(28)14-8-15(23)10-16(24)9-14/h2-11H,12H2,1H3,(H2,25,26,27,28). The van der Waals surface area contributed by atoms with E-state index in [1.165, 1.54) is 0 Å². The van der Waals surface area contributed by atoms with Crippen LogP contribution in [0.5, 0.6) is 11.5 Å². The van der Waals surface area contributed by atoms with Crippen molar-refractivity contribution in [1.29, 1.82) is 0 Å². The summed E-state index contributed by atoms with van der Waals surface area (Å²) in [6, 6.07) is 17.8. The van der Waals surface area contributed by atoms with Crippen LogP contribution in [-0.2, 0) is 6.61 Å². The summed E-state index contributed by atoms with van der Waals surface area (Å²) in [5.74, 6) is 1.44. The maximum absolute atomic E-state index is 12.6.